The van der Waals surface area contributed by atoms with E-state index >= 15 is 0 Å². The molecule has 172 valence electrons. The molecule has 1 N–H and O–H groups in total. The van der Waals surface area contributed by atoms with Gasteiger partial charge in [0.2, 0.25) is 0 Å². The number of nitrogens with zero attached hydrogens (tertiary/aromatic N) is 5. The number of aryl methyl sites for hydroxylation is 2. The van der Waals surface area contributed by atoms with Crippen LogP contribution in [0.4, 0.5) is 0 Å². The fourth-order valence-corrected chi connectivity index (χ4v) is 4.69. The fraction of sp³-hybridized carbons (Fsp3) is 0.296. The van der Waals surface area contributed by atoms with Gasteiger partial charge in [-0.15, -0.1) is 0 Å². The number of hydrogen-bond acceptors (Lipinski definition) is 5. The molecule has 1 saturated heterocycles. The molecule has 5 rings (SSSR count). The van der Waals surface area contributed by atoms with Crippen LogP contribution < -0.4 is 5.56 Å². The molecule has 2 aromatic heterocycles. The molecule has 2 aromatic carbocycles. The molecular formula is C27H27N5O2. The fourth-order valence-electron chi connectivity index (χ4n) is 4.69. The summed E-state index contributed by atoms with van der Waals surface area (Å²) < 4.78 is 3.57. The zero-order valence-corrected chi connectivity index (χ0v) is 19.4. The first-order valence-corrected chi connectivity index (χ1v) is 11.6. The maximum Gasteiger partial charge on any atom is 0.267 e. The average Bonchev–Trinajstić information content (AvgIpc) is 3.19. The molecule has 7 nitrogen and oxygen atoms in total. The number of fused-ring (bicyclic) bond motifs is 1. The average molecular weight is 454 g/mol. The van der Waals surface area contributed by atoms with Crippen LogP contribution >= 0.6 is 0 Å². The van der Waals surface area contributed by atoms with Crippen molar-refractivity contribution < 1.29 is 5.11 Å². The number of aromatic nitrogens is 4. The molecule has 34 heavy (non-hydrogen) atoms. The van der Waals surface area contributed by atoms with Crippen LogP contribution in [0.1, 0.15) is 35.5 Å². The second-order valence-corrected chi connectivity index (χ2v) is 8.55. The highest BCUT2D eigenvalue weighted by Gasteiger charge is 2.31. The largest absolute Gasteiger partial charge is 0.395 e. The van der Waals surface area contributed by atoms with Gasteiger partial charge >= 0.3 is 0 Å². The van der Waals surface area contributed by atoms with Crippen LogP contribution in [0.25, 0.3) is 16.6 Å². The van der Waals surface area contributed by atoms with Gasteiger partial charge in [-0.25, -0.2) is 4.98 Å². The third-order valence-electron chi connectivity index (χ3n) is 6.37. The summed E-state index contributed by atoms with van der Waals surface area (Å²) in [5.41, 5.74) is 3.97. The molecule has 0 atom stereocenters. The predicted molar refractivity (Wildman–Crippen MR) is 132 cm³/mol. The van der Waals surface area contributed by atoms with Gasteiger partial charge in [-0.1, -0.05) is 43.0 Å². The Morgan fingerprint density at radius 2 is 1.82 bits per heavy atom. The molecule has 0 unspecified atom stereocenters. The van der Waals surface area contributed by atoms with Crippen LogP contribution in [0.2, 0.25) is 0 Å². The summed E-state index contributed by atoms with van der Waals surface area (Å²) in [6, 6.07) is 15.3. The number of rotatable bonds is 5. The smallest absolute Gasteiger partial charge is 0.267 e. The van der Waals surface area contributed by atoms with E-state index in [0.29, 0.717) is 35.3 Å². The van der Waals surface area contributed by atoms with E-state index in [1.165, 1.54) is 0 Å². The van der Waals surface area contributed by atoms with Crippen molar-refractivity contribution in [1.29, 1.82) is 0 Å². The second-order valence-electron chi connectivity index (χ2n) is 8.55. The Bertz CT molecular complexity index is 1450. The molecule has 0 saturated carbocycles. The Kier molecular flexibility index (Phi) is 6.01. The van der Waals surface area contributed by atoms with Crippen molar-refractivity contribution in [3.05, 3.63) is 87.7 Å². The number of likely N-dealkylation sites (tertiary alicyclic amines) is 1. The first-order valence-electron chi connectivity index (χ1n) is 11.6. The van der Waals surface area contributed by atoms with Crippen molar-refractivity contribution in [3.63, 3.8) is 0 Å². The molecule has 0 aliphatic carbocycles. The summed E-state index contributed by atoms with van der Waals surface area (Å²) in [7, 11) is 1.93. The first-order chi connectivity index (χ1) is 16.6. The van der Waals surface area contributed by atoms with Crippen LogP contribution in [0.3, 0.4) is 0 Å². The number of aliphatic hydroxyl groups excluding tert-OH is 1. The quantitative estimate of drug-likeness (QED) is 0.470. The van der Waals surface area contributed by atoms with Crippen LogP contribution in [0.5, 0.6) is 0 Å². The summed E-state index contributed by atoms with van der Waals surface area (Å²) >= 11 is 0. The monoisotopic (exact) mass is 453 g/mol. The van der Waals surface area contributed by atoms with Crippen LogP contribution in [0, 0.1) is 11.8 Å². The molecule has 1 fully saturated rings. The van der Waals surface area contributed by atoms with Gasteiger partial charge in [0.25, 0.3) is 5.56 Å². The minimum absolute atomic E-state index is 0.108. The van der Waals surface area contributed by atoms with E-state index in [1.807, 2.05) is 67.2 Å². The predicted octanol–water partition coefficient (Wildman–Crippen LogP) is 2.47. The van der Waals surface area contributed by atoms with E-state index in [4.69, 9.17) is 10.1 Å². The Labute approximate surface area is 198 Å². The zero-order valence-electron chi connectivity index (χ0n) is 19.4. The summed E-state index contributed by atoms with van der Waals surface area (Å²) in [6.07, 6.45) is 2.43. The number of benzene rings is 2. The summed E-state index contributed by atoms with van der Waals surface area (Å²) in [6.45, 7) is 4.62. The molecule has 0 radical (unpaired) electrons. The Hall–Kier alpha value is -3.73. The molecule has 4 aromatic rings. The SMILES string of the molecule is CCc1nc2cccc(C#Cc3cnn(C)c3C3CN(CCO)C3)c2c(=O)n1-c1ccccc1. The lowest BCUT2D eigenvalue weighted by atomic mass is 9.93. The Morgan fingerprint density at radius 3 is 2.56 bits per heavy atom. The number of aliphatic hydroxyl groups is 1. The van der Waals surface area contributed by atoms with Gasteiger partial charge in [0.05, 0.1) is 40.7 Å². The normalized spacial score (nSPS) is 14.1. The van der Waals surface area contributed by atoms with Crippen molar-refractivity contribution in [1.82, 2.24) is 24.2 Å². The van der Waals surface area contributed by atoms with Crippen molar-refractivity contribution >= 4 is 10.9 Å². The highest BCUT2D eigenvalue weighted by molar-refractivity contribution is 5.85. The van der Waals surface area contributed by atoms with Crippen LogP contribution in [-0.2, 0) is 13.5 Å². The molecule has 3 heterocycles. The molecule has 0 spiro atoms. The molecule has 0 bridgehead atoms. The zero-order chi connectivity index (χ0) is 23.7. The summed E-state index contributed by atoms with van der Waals surface area (Å²) in [4.78, 5) is 20.7. The third kappa shape index (κ3) is 3.92. The van der Waals surface area contributed by atoms with Gasteiger partial charge in [0.15, 0.2) is 0 Å². The topological polar surface area (TPSA) is 76.2 Å². The lowest BCUT2D eigenvalue weighted by Gasteiger charge is -2.39. The van der Waals surface area contributed by atoms with E-state index in [9.17, 15) is 4.79 Å². The Balaban J connectivity index is 1.59. The number of β-amino-alcohol motifs (C(OH)–C–C–N with tert-alkyl or cyclic N) is 1. The van der Waals surface area contributed by atoms with Crippen molar-refractivity contribution in [2.75, 3.05) is 26.2 Å². The maximum atomic E-state index is 13.7. The van der Waals surface area contributed by atoms with Gasteiger partial charge < -0.3 is 5.11 Å². The minimum atomic E-state index is -0.108. The molecule has 7 heteroatoms. The van der Waals surface area contributed by atoms with E-state index in [1.54, 1.807) is 10.8 Å². The molecule has 0 amide bonds. The van der Waals surface area contributed by atoms with Crippen molar-refractivity contribution in [2.24, 2.45) is 7.05 Å². The highest BCUT2D eigenvalue weighted by atomic mass is 16.3. The molecule has 1 aliphatic heterocycles. The van der Waals surface area contributed by atoms with E-state index < -0.39 is 0 Å². The van der Waals surface area contributed by atoms with E-state index in [0.717, 1.165) is 35.9 Å². The van der Waals surface area contributed by atoms with Gasteiger partial charge in [-0.3, -0.25) is 18.9 Å². The first kappa shape index (κ1) is 22.1. The van der Waals surface area contributed by atoms with Crippen molar-refractivity contribution in [2.45, 2.75) is 19.3 Å². The van der Waals surface area contributed by atoms with Gasteiger partial charge in [-0.05, 0) is 24.3 Å². The third-order valence-corrected chi connectivity index (χ3v) is 6.37. The molecular weight excluding hydrogens is 426 g/mol. The summed E-state index contributed by atoms with van der Waals surface area (Å²) in [5, 5.41) is 14.1. The van der Waals surface area contributed by atoms with Gasteiger partial charge in [0, 0.05) is 44.6 Å². The van der Waals surface area contributed by atoms with Gasteiger partial charge in [0.1, 0.15) is 5.82 Å². The number of hydrogen-bond donors (Lipinski definition) is 1. The number of para-hydroxylation sites is 1. The standard InChI is InChI=1S/C27H27N5O2/c1-3-24-29-23-11-7-8-19(25(23)27(34)32(24)22-9-5-4-6-10-22)12-13-20-16-28-30(2)26(20)21-17-31(18-21)14-15-33/h4-11,16,21,33H,3,14-15,17-18H2,1-2H3. The molecule has 1 aliphatic rings. The van der Waals surface area contributed by atoms with E-state index in [2.05, 4.69) is 21.8 Å². The second kappa shape index (κ2) is 9.26. The van der Waals surface area contributed by atoms with Crippen molar-refractivity contribution in [3.8, 4) is 17.5 Å². The highest BCUT2D eigenvalue weighted by Crippen LogP contribution is 2.28. The van der Waals surface area contributed by atoms with E-state index in [-0.39, 0.29) is 12.2 Å². The Morgan fingerprint density at radius 1 is 1.06 bits per heavy atom. The van der Waals surface area contributed by atoms with Crippen LogP contribution in [0.15, 0.2) is 59.5 Å². The lowest BCUT2D eigenvalue weighted by molar-refractivity contribution is 0.112. The maximum absolute atomic E-state index is 13.7. The van der Waals surface area contributed by atoms with Gasteiger partial charge in [-0.2, -0.15) is 5.10 Å². The summed E-state index contributed by atoms with van der Waals surface area (Å²) in [5.74, 6) is 7.58. The minimum Gasteiger partial charge on any atom is -0.395 e. The van der Waals surface area contributed by atoms with Crippen LogP contribution in [-0.4, -0.2) is 55.6 Å². The lowest BCUT2D eigenvalue weighted by Crippen LogP contribution is -2.47.